The molecule has 1 saturated heterocycles. The minimum absolute atomic E-state index is 0.585. The van der Waals surface area contributed by atoms with Gasteiger partial charge in [0.05, 0.1) is 18.1 Å². The minimum atomic E-state index is -0.948. The molecule has 1 saturated carbocycles. The van der Waals surface area contributed by atoms with E-state index in [0.717, 1.165) is 43.1 Å². The van der Waals surface area contributed by atoms with Crippen LogP contribution in [-0.4, -0.2) is 46.1 Å². The molecule has 1 aliphatic heterocycles. The predicted molar refractivity (Wildman–Crippen MR) is 109 cm³/mol. The van der Waals surface area contributed by atoms with E-state index in [1.165, 1.54) is 5.56 Å². The third-order valence-corrected chi connectivity index (χ3v) is 6.07. The smallest absolute Gasteiger partial charge is 0.331 e. The Morgan fingerprint density at radius 2 is 2.04 bits per heavy atom. The zero-order chi connectivity index (χ0) is 19.6. The Morgan fingerprint density at radius 3 is 2.71 bits per heavy atom. The number of anilines is 1. The number of halogens is 1. The fourth-order valence-corrected chi connectivity index (χ4v) is 3.96. The summed E-state index contributed by atoms with van der Waals surface area (Å²) in [7, 11) is 0. The van der Waals surface area contributed by atoms with E-state index in [1.54, 1.807) is 12.4 Å². The molecular weight excluding hydrogens is 376 g/mol. The van der Waals surface area contributed by atoms with Gasteiger partial charge in [-0.3, -0.25) is 4.99 Å². The Balaban J connectivity index is 1.42. The van der Waals surface area contributed by atoms with Crippen molar-refractivity contribution in [1.29, 1.82) is 0 Å². The molecule has 0 bridgehead atoms. The van der Waals surface area contributed by atoms with Gasteiger partial charge in [-0.25, -0.2) is 4.79 Å². The van der Waals surface area contributed by atoms with Crippen LogP contribution in [0.3, 0.4) is 0 Å². The van der Waals surface area contributed by atoms with Crippen LogP contribution in [0.15, 0.2) is 41.5 Å². The molecule has 0 radical (unpaired) electrons. The molecule has 28 heavy (non-hydrogen) atoms. The zero-order valence-electron chi connectivity index (χ0n) is 15.6. The lowest BCUT2D eigenvalue weighted by Crippen LogP contribution is -2.35. The van der Waals surface area contributed by atoms with Gasteiger partial charge in [-0.05, 0) is 55.7 Å². The summed E-state index contributed by atoms with van der Waals surface area (Å²) in [6, 6.07) is 9.98. The largest absolute Gasteiger partial charge is 0.479 e. The number of benzene rings is 1. The molecule has 0 amide bonds. The van der Waals surface area contributed by atoms with Crippen LogP contribution in [-0.2, 0) is 11.2 Å². The quantitative estimate of drug-likeness (QED) is 0.752. The first kappa shape index (κ1) is 18.9. The monoisotopic (exact) mass is 398 g/mol. The summed E-state index contributed by atoms with van der Waals surface area (Å²) < 4.78 is 0. The zero-order valence-corrected chi connectivity index (χ0v) is 16.3. The van der Waals surface area contributed by atoms with E-state index >= 15 is 0 Å². The van der Waals surface area contributed by atoms with Crippen LogP contribution in [0.1, 0.15) is 36.9 Å². The topological polar surface area (TPSA) is 78.7 Å². The second kappa shape index (κ2) is 7.87. The summed E-state index contributed by atoms with van der Waals surface area (Å²) in [5, 5.41) is 18.3. The summed E-state index contributed by atoms with van der Waals surface area (Å²) >= 11 is 6.31. The molecule has 1 aromatic heterocycles. The van der Waals surface area contributed by atoms with Crippen molar-refractivity contribution in [2.45, 2.75) is 37.6 Å². The maximum absolute atomic E-state index is 11.3. The first-order valence-electron chi connectivity index (χ1n) is 9.66. The van der Waals surface area contributed by atoms with E-state index in [2.05, 4.69) is 26.2 Å². The van der Waals surface area contributed by atoms with E-state index in [9.17, 15) is 9.90 Å². The van der Waals surface area contributed by atoms with Crippen LogP contribution in [0, 0.1) is 5.92 Å². The molecule has 0 unspecified atom stereocenters. The average molecular weight is 399 g/mol. The standard InChI is InChI=1S/C21H23ClN4O2/c22-17-4-2-1-3-16(17)13-15-6-11-26(12-7-15)19-5-10-24-25-18(19)14-23-21(8-9-21)20(27)28/h1-5,10,14-15H,6-9,11-13H2,(H,27,28). The molecule has 0 atom stereocenters. The number of carbonyl (C=O) groups is 1. The Kier molecular flexibility index (Phi) is 5.31. The molecule has 6 nitrogen and oxygen atoms in total. The first-order valence-corrected chi connectivity index (χ1v) is 10.0. The molecule has 2 aliphatic rings. The molecular formula is C21H23ClN4O2. The van der Waals surface area contributed by atoms with Crippen molar-refractivity contribution in [2.24, 2.45) is 10.9 Å². The molecule has 4 rings (SSSR count). The maximum atomic E-state index is 11.3. The first-order chi connectivity index (χ1) is 13.6. The average Bonchev–Trinajstić information content (AvgIpc) is 3.51. The van der Waals surface area contributed by atoms with Crippen LogP contribution in [0.2, 0.25) is 5.02 Å². The number of nitrogens with zero attached hydrogens (tertiary/aromatic N) is 4. The molecule has 0 spiro atoms. The normalized spacial score (nSPS) is 19.1. The van der Waals surface area contributed by atoms with Crippen LogP contribution in [0.5, 0.6) is 0 Å². The van der Waals surface area contributed by atoms with E-state index < -0.39 is 11.5 Å². The molecule has 1 N–H and O–H groups in total. The van der Waals surface area contributed by atoms with Crippen LogP contribution in [0.4, 0.5) is 5.69 Å². The Morgan fingerprint density at radius 1 is 1.29 bits per heavy atom. The van der Waals surface area contributed by atoms with Crippen molar-refractivity contribution in [3.63, 3.8) is 0 Å². The van der Waals surface area contributed by atoms with Crippen molar-refractivity contribution >= 4 is 29.5 Å². The summed E-state index contributed by atoms with van der Waals surface area (Å²) in [4.78, 5) is 17.9. The number of hydrogen-bond donors (Lipinski definition) is 1. The minimum Gasteiger partial charge on any atom is -0.479 e. The van der Waals surface area contributed by atoms with Gasteiger partial charge < -0.3 is 10.0 Å². The van der Waals surface area contributed by atoms with E-state index in [-0.39, 0.29) is 0 Å². The predicted octanol–water partition coefficient (Wildman–Crippen LogP) is 3.63. The number of hydrogen-bond acceptors (Lipinski definition) is 5. The van der Waals surface area contributed by atoms with Gasteiger partial charge in [0.15, 0.2) is 5.54 Å². The third-order valence-electron chi connectivity index (χ3n) is 5.70. The van der Waals surface area contributed by atoms with E-state index in [0.29, 0.717) is 24.5 Å². The maximum Gasteiger partial charge on any atom is 0.331 e. The second-order valence-electron chi connectivity index (χ2n) is 7.62. The number of aliphatic imine (C=N–C) groups is 1. The van der Waals surface area contributed by atoms with Gasteiger partial charge in [0.1, 0.15) is 5.69 Å². The van der Waals surface area contributed by atoms with Gasteiger partial charge in [-0.2, -0.15) is 5.10 Å². The number of aromatic nitrogens is 2. The molecule has 2 fully saturated rings. The Hall–Kier alpha value is -2.47. The highest BCUT2D eigenvalue weighted by molar-refractivity contribution is 6.31. The molecule has 1 aliphatic carbocycles. The molecule has 7 heteroatoms. The van der Waals surface area contributed by atoms with Gasteiger partial charge in [0.25, 0.3) is 0 Å². The fourth-order valence-electron chi connectivity index (χ4n) is 3.75. The number of piperidine rings is 1. The number of carboxylic acid groups (broad SMARTS) is 1. The fraction of sp³-hybridized carbons (Fsp3) is 0.429. The van der Waals surface area contributed by atoms with Crippen LogP contribution in [0.25, 0.3) is 0 Å². The molecule has 2 heterocycles. The highest BCUT2D eigenvalue weighted by atomic mass is 35.5. The SMILES string of the molecule is O=C(O)C1(N=Cc2nnccc2N2CCC(Cc3ccccc3Cl)CC2)CC1. The Bertz CT molecular complexity index is 889. The molecule has 1 aromatic carbocycles. The lowest BCUT2D eigenvalue weighted by Gasteiger charge is -2.34. The lowest BCUT2D eigenvalue weighted by atomic mass is 9.90. The van der Waals surface area contributed by atoms with E-state index in [4.69, 9.17) is 11.6 Å². The summed E-state index contributed by atoms with van der Waals surface area (Å²) in [5.74, 6) is -0.264. The van der Waals surface area contributed by atoms with Gasteiger partial charge in [-0.1, -0.05) is 29.8 Å². The lowest BCUT2D eigenvalue weighted by molar-refractivity contribution is -0.139. The van der Waals surface area contributed by atoms with Crippen molar-refractivity contribution in [3.8, 4) is 0 Å². The van der Waals surface area contributed by atoms with Gasteiger partial charge in [0.2, 0.25) is 0 Å². The van der Waals surface area contributed by atoms with Crippen LogP contribution < -0.4 is 4.90 Å². The van der Waals surface area contributed by atoms with Gasteiger partial charge in [0, 0.05) is 18.1 Å². The number of carboxylic acids is 1. The van der Waals surface area contributed by atoms with Crippen molar-refractivity contribution in [3.05, 3.63) is 52.8 Å². The third kappa shape index (κ3) is 4.02. The van der Waals surface area contributed by atoms with Crippen molar-refractivity contribution in [2.75, 3.05) is 18.0 Å². The number of aliphatic carboxylic acids is 1. The van der Waals surface area contributed by atoms with Crippen molar-refractivity contribution in [1.82, 2.24) is 10.2 Å². The number of rotatable bonds is 6. The highest BCUT2D eigenvalue weighted by Gasteiger charge is 2.50. The Labute approximate surface area is 169 Å². The second-order valence-corrected chi connectivity index (χ2v) is 8.03. The van der Waals surface area contributed by atoms with Crippen LogP contribution >= 0.6 is 11.6 Å². The summed E-state index contributed by atoms with van der Waals surface area (Å²) in [5.41, 5.74) is 1.87. The molecule has 2 aromatic rings. The highest BCUT2D eigenvalue weighted by Crippen LogP contribution is 2.40. The van der Waals surface area contributed by atoms with E-state index in [1.807, 2.05) is 24.3 Å². The summed E-state index contributed by atoms with van der Waals surface area (Å²) in [6.07, 6.45) is 7.57. The van der Waals surface area contributed by atoms with Crippen molar-refractivity contribution < 1.29 is 9.90 Å². The van der Waals surface area contributed by atoms with Gasteiger partial charge in [-0.15, -0.1) is 5.10 Å². The molecule has 146 valence electrons. The van der Waals surface area contributed by atoms with Gasteiger partial charge >= 0.3 is 5.97 Å². The summed E-state index contributed by atoms with van der Waals surface area (Å²) in [6.45, 7) is 1.84.